The monoisotopic (exact) mass is 376 g/mol. The summed E-state index contributed by atoms with van der Waals surface area (Å²) in [5.74, 6) is 0.981. The van der Waals surface area contributed by atoms with E-state index in [-0.39, 0.29) is 11.8 Å². The van der Waals surface area contributed by atoms with Crippen LogP contribution in [-0.4, -0.2) is 47.5 Å². The molecule has 1 aliphatic rings. The van der Waals surface area contributed by atoms with Crippen LogP contribution in [0.2, 0.25) is 0 Å². The lowest BCUT2D eigenvalue weighted by Gasteiger charge is -2.30. The molecule has 0 bridgehead atoms. The molecule has 1 fully saturated rings. The van der Waals surface area contributed by atoms with Gasteiger partial charge in [0.1, 0.15) is 0 Å². The first-order valence-corrected chi connectivity index (χ1v) is 9.50. The summed E-state index contributed by atoms with van der Waals surface area (Å²) in [4.78, 5) is 20.1. The number of carbonyl (C=O) groups excluding carboxylic acids is 1. The van der Waals surface area contributed by atoms with Gasteiger partial charge in [0, 0.05) is 30.8 Å². The minimum absolute atomic E-state index is 0.0343. The molecule has 1 unspecified atom stereocenters. The summed E-state index contributed by atoms with van der Waals surface area (Å²) in [7, 11) is 2.06. The van der Waals surface area contributed by atoms with Crippen molar-refractivity contribution in [3.8, 4) is 11.5 Å². The van der Waals surface area contributed by atoms with Gasteiger partial charge in [-0.3, -0.25) is 9.69 Å². The van der Waals surface area contributed by atoms with Crippen molar-refractivity contribution < 1.29 is 9.32 Å². The Balaban J connectivity index is 1.71. The number of benzene rings is 2. The van der Waals surface area contributed by atoms with Crippen LogP contribution in [0.1, 0.15) is 38.9 Å². The quantitative estimate of drug-likeness (QED) is 0.706. The number of nitrogens with one attached hydrogen (secondary N) is 1. The maximum atomic E-state index is 13.3. The minimum atomic E-state index is -0.0343. The van der Waals surface area contributed by atoms with Crippen molar-refractivity contribution in [2.24, 2.45) is 0 Å². The predicted molar refractivity (Wildman–Crippen MR) is 107 cm³/mol. The molecule has 1 saturated heterocycles. The summed E-state index contributed by atoms with van der Waals surface area (Å²) in [5, 5.41) is 7.55. The van der Waals surface area contributed by atoms with Gasteiger partial charge < -0.3 is 9.84 Å². The lowest BCUT2D eigenvalue weighted by Crippen LogP contribution is -2.44. The molecular weight excluding hydrogens is 352 g/mol. The fraction of sp³-hybridized carbons (Fsp3) is 0.318. The summed E-state index contributed by atoms with van der Waals surface area (Å²) in [6.07, 6.45) is 0. The number of ketones is 1. The van der Waals surface area contributed by atoms with Crippen LogP contribution in [0, 0.1) is 13.8 Å². The van der Waals surface area contributed by atoms with E-state index in [0.29, 0.717) is 28.4 Å². The van der Waals surface area contributed by atoms with Crippen molar-refractivity contribution in [2.45, 2.75) is 19.9 Å². The number of aryl methyl sites for hydroxylation is 2. The van der Waals surface area contributed by atoms with Gasteiger partial charge >= 0.3 is 0 Å². The Bertz CT molecular complexity index is 1010. The zero-order valence-corrected chi connectivity index (χ0v) is 16.4. The smallest absolute Gasteiger partial charge is 0.258 e. The van der Waals surface area contributed by atoms with Gasteiger partial charge in [-0.15, -0.1) is 0 Å². The molecule has 0 saturated carbocycles. The number of carbonyl (C=O) groups is 1. The van der Waals surface area contributed by atoms with Crippen LogP contribution in [0.4, 0.5) is 0 Å². The molecule has 0 radical (unpaired) electrons. The van der Waals surface area contributed by atoms with Crippen LogP contribution in [0.15, 0.2) is 47.0 Å². The SMILES string of the molecule is Cc1ccc(C)c(C(=O)c2ccccc2-c2nc(C3CNCCN3C)no2)c1. The molecule has 1 aliphatic heterocycles. The van der Waals surface area contributed by atoms with Gasteiger partial charge in [-0.05, 0) is 38.6 Å². The van der Waals surface area contributed by atoms with Gasteiger partial charge in [0.2, 0.25) is 0 Å². The molecule has 0 spiro atoms. The third-order valence-electron chi connectivity index (χ3n) is 5.29. The molecule has 3 aromatic rings. The largest absolute Gasteiger partial charge is 0.334 e. The first-order chi connectivity index (χ1) is 13.5. The summed E-state index contributed by atoms with van der Waals surface area (Å²) in [6.45, 7) is 6.59. The molecule has 1 atom stereocenters. The van der Waals surface area contributed by atoms with Gasteiger partial charge in [0.25, 0.3) is 5.89 Å². The highest BCUT2D eigenvalue weighted by atomic mass is 16.5. The molecular formula is C22H24N4O2. The summed E-state index contributed by atoms with van der Waals surface area (Å²) < 4.78 is 5.57. The summed E-state index contributed by atoms with van der Waals surface area (Å²) in [5.41, 5.74) is 3.94. The van der Waals surface area contributed by atoms with Gasteiger partial charge in [0.15, 0.2) is 11.6 Å². The normalized spacial score (nSPS) is 17.6. The first-order valence-electron chi connectivity index (χ1n) is 9.50. The Hall–Kier alpha value is -2.83. The average molecular weight is 376 g/mol. The second kappa shape index (κ2) is 7.66. The number of nitrogens with zero attached hydrogens (tertiary/aromatic N) is 3. The molecule has 2 heterocycles. The van der Waals surface area contributed by atoms with E-state index in [1.54, 1.807) is 0 Å². The van der Waals surface area contributed by atoms with Crippen LogP contribution in [0.3, 0.4) is 0 Å². The number of piperazine rings is 1. The van der Waals surface area contributed by atoms with Crippen LogP contribution in [0.5, 0.6) is 0 Å². The highest BCUT2D eigenvalue weighted by Crippen LogP contribution is 2.28. The maximum absolute atomic E-state index is 13.3. The Kier molecular flexibility index (Phi) is 5.07. The fourth-order valence-electron chi connectivity index (χ4n) is 3.57. The Morgan fingerprint density at radius 3 is 2.82 bits per heavy atom. The number of likely N-dealkylation sites (N-methyl/N-ethyl adjacent to an activating group) is 1. The van der Waals surface area contributed by atoms with Crippen molar-refractivity contribution in [3.05, 3.63) is 70.5 Å². The highest BCUT2D eigenvalue weighted by molar-refractivity contribution is 6.13. The van der Waals surface area contributed by atoms with Crippen molar-refractivity contribution in [2.75, 3.05) is 26.7 Å². The number of rotatable bonds is 4. The van der Waals surface area contributed by atoms with Crippen LogP contribution in [0.25, 0.3) is 11.5 Å². The van der Waals surface area contributed by atoms with E-state index >= 15 is 0 Å². The van der Waals surface area contributed by atoms with E-state index in [9.17, 15) is 4.79 Å². The van der Waals surface area contributed by atoms with Crippen molar-refractivity contribution in [3.63, 3.8) is 0 Å². The van der Waals surface area contributed by atoms with Crippen molar-refractivity contribution in [1.29, 1.82) is 0 Å². The molecule has 28 heavy (non-hydrogen) atoms. The second-order valence-electron chi connectivity index (χ2n) is 7.35. The van der Waals surface area contributed by atoms with Gasteiger partial charge in [-0.25, -0.2) is 0 Å². The number of aromatic nitrogens is 2. The second-order valence-corrected chi connectivity index (χ2v) is 7.35. The Morgan fingerprint density at radius 2 is 2.00 bits per heavy atom. The lowest BCUT2D eigenvalue weighted by atomic mass is 9.94. The molecule has 0 amide bonds. The summed E-state index contributed by atoms with van der Waals surface area (Å²) in [6, 6.07) is 13.4. The molecule has 2 aromatic carbocycles. The number of hydrogen-bond acceptors (Lipinski definition) is 6. The van der Waals surface area contributed by atoms with E-state index in [0.717, 1.165) is 30.8 Å². The van der Waals surface area contributed by atoms with E-state index in [4.69, 9.17) is 4.52 Å². The van der Waals surface area contributed by atoms with Gasteiger partial charge in [-0.1, -0.05) is 41.1 Å². The van der Waals surface area contributed by atoms with E-state index in [1.807, 2.05) is 56.3 Å². The van der Waals surface area contributed by atoms with Crippen LogP contribution >= 0.6 is 0 Å². The van der Waals surface area contributed by atoms with Crippen molar-refractivity contribution in [1.82, 2.24) is 20.4 Å². The van der Waals surface area contributed by atoms with Crippen LogP contribution < -0.4 is 5.32 Å². The predicted octanol–water partition coefficient (Wildman–Crippen LogP) is 3.16. The summed E-state index contributed by atoms with van der Waals surface area (Å²) >= 11 is 0. The number of hydrogen-bond donors (Lipinski definition) is 1. The zero-order valence-electron chi connectivity index (χ0n) is 16.4. The maximum Gasteiger partial charge on any atom is 0.258 e. The Labute approximate surface area is 164 Å². The first kappa shape index (κ1) is 18.5. The molecule has 144 valence electrons. The van der Waals surface area contributed by atoms with E-state index in [2.05, 4.69) is 27.4 Å². The van der Waals surface area contributed by atoms with Gasteiger partial charge in [0.05, 0.1) is 11.6 Å². The highest BCUT2D eigenvalue weighted by Gasteiger charge is 2.27. The van der Waals surface area contributed by atoms with E-state index < -0.39 is 0 Å². The zero-order chi connectivity index (χ0) is 19.7. The molecule has 6 heteroatoms. The lowest BCUT2D eigenvalue weighted by molar-refractivity contribution is 0.103. The topological polar surface area (TPSA) is 71.3 Å². The third-order valence-corrected chi connectivity index (χ3v) is 5.29. The fourth-order valence-corrected chi connectivity index (χ4v) is 3.57. The molecule has 6 nitrogen and oxygen atoms in total. The van der Waals surface area contributed by atoms with Crippen molar-refractivity contribution >= 4 is 5.78 Å². The van der Waals surface area contributed by atoms with Crippen LogP contribution in [-0.2, 0) is 0 Å². The molecule has 1 N–H and O–H groups in total. The standard InChI is InChI=1S/C22H24N4O2/c1-14-8-9-15(2)18(12-14)20(27)16-6-4-5-7-17(16)22-24-21(25-28-22)19-13-23-10-11-26(19)3/h4-9,12,19,23H,10-11,13H2,1-3H3. The Morgan fingerprint density at radius 1 is 1.18 bits per heavy atom. The van der Waals surface area contributed by atoms with E-state index in [1.165, 1.54) is 0 Å². The molecule has 1 aromatic heterocycles. The van der Waals surface area contributed by atoms with Gasteiger partial charge in [-0.2, -0.15) is 4.98 Å². The molecule has 0 aliphatic carbocycles. The molecule has 4 rings (SSSR count). The minimum Gasteiger partial charge on any atom is -0.334 e. The average Bonchev–Trinajstić information content (AvgIpc) is 3.19. The third kappa shape index (κ3) is 3.48.